The van der Waals surface area contributed by atoms with Crippen molar-refractivity contribution in [1.29, 1.82) is 0 Å². The average molecular weight is 495 g/mol. The Bertz CT molecular complexity index is 1320. The summed E-state index contributed by atoms with van der Waals surface area (Å²) in [6.45, 7) is 5.62. The zero-order valence-corrected chi connectivity index (χ0v) is 18.5. The summed E-state index contributed by atoms with van der Waals surface area (Å²) >= 11 is 0. The summed E-state index contributed by atoms with van der Waals surface area (Å²) in [4.78, 5) is 32.4. The molecule has 0 amide bonds. The molecule has 4 heterocycles. The van der Waals surface area contributed by atoms with Gasteiger partial charge in [0.15, 0.2) is 0 Å². The predicted molar refractivity (Wildman–Crippen MR) is 117 cm³/mol. The molecule has 0 saturated carbocycles. The van der Waals surface area contributed by atoms with E-state index in [0.717, 1.165) is 32.1 Å². The van der Waals surface area contributed by atoms with E-state index in [9.17, 15) is 22.4 Å². The Morgan fingerprint density at radius 3 is 2.57 bits per heavy atom. The maximum Gasteiger partial charge on any atom is 0.490 e. The second-order valence-electron chi connectivity index (χ2n) is 7.29. The number of anilines is 1. The molecule has 0 aromatic carbocycles. The Labute approximate surface area is 196 Å². The number of nitrogens with one attached hydrogen (secondary N) is 1. The van der Waals surface area contributed by atoms with Gasteiger partial charge in [0.25, 0.3) is 5.56 Å². The normalized spacial score (nSPS) is 13.6. The van der Waals surface area contributed by atoms with E-state index in [2.05, 4.69) is 37.1 Å². The summed E-state index contributed by atoms with van der Waals surface area (Å²) in [5, 5.41) is 14.7. The van der Waals surface area contributed by atoms with Crippen molar-refractivity contribution in [3.05, 3.63) is 46.4 Å². The highest BCUT2D eigenvalue weighted by Crippen LogP contribution is 2.20. The maximum atomic E-state index is 13.4. The van der Waals surface area contributed by atoms with Crippen LogP contribution in [-0.2, 0) is 17.9 Å². The lowest BCUT2D eigenvalue weighted by molar-refractivity contribution is -0.192. The van der Waals surface area contributed by atoms with Gasteiger partial charge in [-0.3, -0.25) is 9.36 Å². The summed E-state index contributed by atoms with van der Waals surface area (Å²) in [6.07, 6.45) is -2.13. The summed E-state index contributed by atoms with van der Waals surface area (Å²) < 4.78 is 48.3. The molecule has 1 fully saturated rings. The number of alkyl halides is 3. The van der Waals surface area contributed by atoms with Crippen LogP contribution in [0.25, 0.3) is 11.0 Å². The third-order valence-corrected chi connectivity index (χ3v) is 4.91. The molecule has 4 rings (SSSR count). The van der Waals surface area contributed by atoms with E-state index in [1.54, 1.807) is 19.2 Å². The first-order valence-corrected chi connectivity index (χ1v) is 10.3. The van der Waals surface area contributed by atoms with Gasteiger partial charge in [-0.2, -0.15) is 22.7 Å². The number of halogens is 4. The van der Waals surface area contributed by atoms with Gasteiger partial charge in [0.2, 0.25) is 11.9 Å². The molecule has 0 atom stereocenters. The molecule has 0 spiro atoms. The third-order valence-electron chi connectivity index (χ3n) is 4.91. The lowest BCUT2D eigenvalue weighted by atomic mass is 10.2. The number of fused-ring (bicyclic) bond motifs is 1. The van der Waals surface area contributed by atoms with Crippen molar-refractivity contribution in [3.8, 4) is 11.8 Å². The Morgan fingerprint density at radius 2 is 1.97 bits per heavy atom. The number of hydrogen-bond donors (Lipinski definition) is 2. The van der Waals surface area contributed by atoms with Crippen LogP contribution >= 0.6 is 0 Å². The Balaban J connectivity index is 0.000000429. The molecule has 1 saturated heterocycles. The second kappa shape index (κ2) is 11.0. The van der Waals surface area contributed by atoms with E-state index in [4.69, 9.17) is 9.90 Å². The fourth-order valence-electron chi connectivity index (χ4n) is 3.31. The Kier molecular flexibility index (Phi) is 8.02. The van der Waals surface area contributed by atoms with E-state index in [1.807, 2.05) is 4.57 Å². The van der Waals surface area contributed by atoms with Crippen LogP contribution < -0.4 is 15.8 Å². The van der Waals surface area contributed by atoms with Crippen LogP contribution in [0.5, 0.6) is 0 Å². The third kappa shape index (κ3) is 6.33. The van der Waals surface area contributed by atoms with Crippen molar-refractivity contribution in [3.63, 3.8) is 0 Å². The highest BCUT2D eigenvalue weighted by atomic mass is 19.4. The number of hydrogen-bond acceptors (Lipinski definition) is 7. The van der Waals surface area contributed by atoms with Crippen molar-refractivity contribution in [2.75, 3.05) is 31.1 Å². The number of rotatable bonds is 4. The summed E-state index contributed by atoms with van der Waals surface area (Å²) in [6, 6.07) is 2.96. The molecule has 0 unspecified atom stereocenters. The minimum Gasteiger partial charge on any atom is -0.475 e. The van der Waals surface area contributed by atoms with E-state index in [1.165, 1.54) is 16.9 Å². The molecule has 14 heteroatoms. The SMILES string of the molecule is CC#CCn1c(N2CCNCC2)nc2cnn(Cc3ccnc(F)c3)c(=O)c21.O=C(O)C(F)(F)F. The standard InChI is InChI=1S/C19H20FN7O.C2HF3O2/c1-2-3-8-26-17-15(24-19(26)25-9-6-21-7-10-25)12-23-27(18(17)28)13-14-4-5-22-16(20)11-14;3-2(4,5)1(6)7/h4-5,11-12,21H,6-10,13H2,1H3;(H,6,7). The van der Waals surface area contributed by atoms with Gasteiger partial charge in [-0.1, -0.05) is 5.92 Å². The van der Waals surface area contributed by atoms with Crippen molar-refractivity contribution >= 4 is 23.0 Å². The zero-order valence-electron chi connectivity index (χ0n) is 18.5. The van der Waals surface area contributed by atoms with Gasteiger partial charge in [0, 0.05) is 32.4 Å². The molecular weight excluding hydrogens is 474 g/mol. The molecule has 0 radical (unpaired) electrons. The maximum absolute atomic E-state index is 13.4. The van der Waals surface area contributed by atoms with Gasteiger partial charge in [0.1, 0.15) is 11.0 Å². The highest BCUT2D eigenvalue weighted by molar-refractivity contribution is 5.77. The molecular formula is C21H21F4N7O3. The molecule has 10 nitrogen and oxygen atoms in total. The van der Waals surface area contributed by atoms with Crippen LogP contribution in [0.4, 0.5) is 23.5 Å². The Hall–Kier alpha value is -3.99. The Morgan fingerprint density at radius 1 is 1.29 bits per heavy atom. The van der Waals surface area contributed by atoms with E-state index in [0.29, 0.717) is 23.1 Å². The molecule has 0 aliphatic carbocycles. The topological polar surface area (TPSA) is 118 Å². The summed E-state index contributed by atoms with van der Waals surface area (Å²) in [5.41, 5.74) is 1.33. The molecule has 1 aliphatic rings. The first kappa shape index (κ1) is 25.6. The molecule has 35 heavy (non-hydrogen) atoms. The van der Waals surface area contributed by atoms with Gasteiger partial charge in [0.05, 0.1) is 19.3 Å². The highest BCUT2D eigenvalue weighted by Gasteiger charge is 2.38. The van der Waals surface area contributed by atoms with Gasteiger partial charge >= 0.3 is 12.1 Å². The number of nitrogens with zero attached hydrogens (tertiary/aromatic N) is 6. The molecule has 1 aliphatic heterocycles. The average Bonchev–Trinajstić information content (AvgIpc) is 3.19. The smallest absolute Gasteiger partial charge is 0.475 e. The van der Waals surface area contributed by atoms with Crippen LogP contribution in [0.2, 0.25) is 0 Å². The van der Waals surface area contributed by atoms with Crippen LogP contribution in [0, 0.1) is 17.8 Å². The molecule has 3 aromatic heterocycles. The minimum atomic E-state index is -5.08. The monoisotopic (exact) mass is 495 g/mol. The summed E-state index contributed by atoms with van der Waals surface area (Å²) in [7, 11) is 0. The number of carboxylic acid groups (broad SMARTS) is 1. The van der Waals surface area contributed by atoms with Gasteiger partial charge in [-0.05, 0) is 24.6 Å². The number of carbonyl (C=O) groups is 1. The number of piperazine rings is 1. The second-order valence-corrected chi connectivity index (χ2v) is 7.29. The first-order chi connectivity index (χ1) is 16.6. The largest absolute Gasteiger partial charge is 0.490 e. The fraction of sp³-hybridized carbons (Fsp3) is 0.381. The zero-order chi connectivity index (χ0) is 25.6. The van der Waals surface area contributed by atoms with Crippen LogP contribution in [0.15, 0.2) is 29.3 Å². The van der Waals surface area contributed by atoms with Gasteiger partial charge in [-0.25, -0.2) is 19.4 Å². The molecule has 186 valence electrons. The predicted octanol–water partition coefficient (Wildman–Crippen LogP) is 1.24. The van der Waals surface area contributed by atoms with Crippen molar-refractivity contribution in [2.45, 2.75) is 26.2 Å². The van der Waals surface area contributed by atoms with Crippen molar-refractivity contribution < 1.29 is 27.5 Å². The first-order valence-electron chi connectivity index (χ1n) is 10.3. The van der Waals surface area contributed by atoms with Crippen LogP contribution in [0.3, 0.4) is 0 Å². The summed E-state index contributed by atoms with van der Waals surface area (Å²) in [5.74, 6) is 3.29. The number of aliphatic carboxylic acids is 1. The van der Waals surface area contributed by atoms with E-state index >= 15 is 0 Å². The lowest BCUT2D eigenvalue weighted by Gasteiger charge is -2.28. The number of aromatic nitrogens is 5. The quantitative estimate of drug-likeness (QED) is 0.316. The number of carboxylic acids is 1. The van der Waals surface area contributed by atoms with E-state index in [-0.39, 0.29) is 12.1 Å². The van der Waals surface area contributed by atoms with Crippen LogP contribution in [-0.4, -0.2) is 67.7 Å². The fourth-order valence-corrected chi connectivity index (χ4v) is 3.31. The van der Waals surface area contributed by atoms with Gasteiger partial charge in [-0.15, -0.1) is 5.92 Å². The molecule has 2 N–H and O–H groups in total. The molecule has 3 aromatic rings. The van der Waals surface area contributed by atoms with Crippen molar-refractivity contribution in [1.82, 2.24) is 29.6 Å². The van der Waals surface area contributed by atoms with Gasteiger partial charge < -0.3 is 15.3 Å². The minimum absolute atomic E-state index is 0.155. The number of pyridine rings is 1. The number of imidazole rings is 1. The lowest BCUT2D eigenvalue weighted by Crippen LogP contribution is -2.44. The van der Waals surface area contributed by atoms with Crippen molar-refractivity contribution in [2.24, 2.45) is 0 Å². The van der Waals surface area contributed by atoms with Crippen LogP contribution in [0.1, 0.15) is 12.5 Å². The van der Waals surface area contributed by atoms with E-state index < -0.39 is 18.1 Å². The molecule has 0 bridgehead atoms.